The molecule has 0 unspecified atom stereocenters. The summed E-state index contributed by atoms with van der Waals surface area (Å²) in [5.41, 5.74) is 0.868. The van der Waals surface area contributed by atoms with Crippen LogP contribution in [0.3, 0.4) is 0 Å². The van der Waals surface area contributed by atoms with Crippen molar-refractivity contribution in [2.75, 3.05) is 0 Å². The van der Waals surface area contributed by atoms with E-state index in [4.69, 9.17) is 10.0 Å². The molecule has 3 nitrogen and oxygen atoms in total. The molecule has 0 bridgehead atoms. The third kappa shape index (κ3) is 2.40. The molecule has 1 rings (SSSR count). The summed E-state index contributed by atoms with van der Waals surface area (Å²) in [6.07, 6.45) is 0.422. The number of ketones is 1. The summed E-state index contributed by atoms with van der Waals surface area (Å²) in [5.74, 6) is 0.00231. The van der Waals surface area contributed by atoms with E-state index >= 15 is 0 Å². The zero-order valence-electron chi connectivity index (χ0n) is 7.40. The van der Waals surface area contributed by atoms with Crippen LogP contribution in [0.2, 0.25) is 0 Å². The van der Waals surface area contributed by atoms with Gasteiger partial charge in [0, 0.05) is 12.0 Å². The molecule has 0 aliphatic carbocycles. The fourth-order valence-electron chi connectivity index (χ4n) is 1.08. The third-order valence-electron chi connectivity index (χ3n) is 1.83. The number of carbonyl (C=O) groups is 1. The Morgan fingerprint density at radius 3 is 2.69 bits per heavy atom. The molecule has 0 saturated carbocycles. The molecule has 68 valence electrons. The van der Waals surface area contributed by atoms with Gasteiger partial charge >= 0.3 is 7.12 Å². The average Bonchev–Trinajstić information content (AvgIpc) is 2.17. The van der Waals surface area contributed by atoms with Crippen molar-refractivity contribution in [3.8, 4) is 0 Å². The van der Waals surface area contributed by atoms with Crippen LogP contribution in [0.4, 0.5) is 0 Å². The topological polar surface area (TPSA) is 57.5 Å². The van der Waals surface area contributed by atoms with E-state index in [1.807, 2.05) is 0 Å². The van der Waals surface area contributed by atoms with Gasteiger partial charge in [-0.2, -0.15) is 0 Å². The summed E-state index contributed by atoms with van der Waals surface area (Å²) < 4.78 is 0. The van der Waals surface area contributed by atoms with Crippen LogP contribution in [0.1, 0.15) is 23.7 Å². The molecule has 0 spiro atoms. The Balaban J connectivity index is 2.98. The average molecular weight is 178 g/mol. The Hall–Kier alpha value is -1.13. The molecule has 0 radical (unpaired) electrons. The van der Waals surface area contributed by atoms with Crippen molar-refractivity contribution in [1.82, 2.24) is 0 Å². The summed E-state index contributed by atoms with van der Waals surface area (Å²) >= 11 is 0. The molecule has 4 heteroatoms. The second-order valence-corrected chi connectivity index (χ2v) is 2.78. The third-order valence-corrected chi connectivity index (χ3v) is 1.83. The number of hydrogen-bond donors (Lipinski definition) is 2. The van der Waals surface area contributed by atoms with Gasteiger partial charge < -0.3 is 10.0 Å². The molecule has 0 fully saturated rings. The SMILES string of the molecule is CCC(=O)c1cccc(B(O)O)c1. The van der Waals surface area contributed by atoms with Crippen LogP contribution in [0.25, 0.3) is 0 Å². The summed E-state index contributed by atoms with van der Waals surface area (Å²) in [6, 6.07) is 6.36. The first kappa shape index (κ1) is 9.96. The van der Waals surface area contributed by atoms with Crippen molar-refractivity contribution >= 4 is 18.4 Å². The monoisotopic (exact) mass is 178 g/mol. The molecule has 0 saturated heterocycles. The molecule has 0 aliphatic heterocycles. The van der Waals surface area contributed by atoms with Crippen molar-refractivity contribution < 1.29 is 14.8 Å². The van der Waals surface area contributed by atoms with Gasteiger partial charge in [0.2, 0.25) is 0 Å². The van der Waals surface area contributed by atoms with E-state index in [-0.39, 0.29) is 5.78 Å². The predicted octanol–water partition coefficient (Wildman–Crippen LogP) is -0.0409. The second kappa shape index (κ2) is 4.21. The van der Waals surface area contributed by atoms with Crippen LogP contribution in [0, 0.1) is 0 Å². The van der Waals surface area contributed by atoms with Crippen LogP contribution in [-0.2, 0) is 0 Å². The van der Waals surface area contributed by atoms with Crippen LogP contribution >= 0.6 is 0 Å². The number of Topliss-reactive ketones (excluding diaryl/α,β-unsaturated/α-hetero) is 1. The fourth-order valence-corrected chi connectivity index (χ4v) is 1.08. The normalized spacial score (nSPS) is 9.77. The Labute approximate surface area is 77.2 Å². The summed E-state index contributed by atoms with van der Waals surface area (Å²) in [6.45, 7) is 1.77. The molecule has 0 amide bonds. The first-order chi connectivity index (χ1) is 6.15. The summed E-state index contributed by atoms with van der Waals surface area (Å²) in [5, 5.41) is 17.7. The zero-order chi connectivity index (χ0) is 9.84. The molecule has 0 aliphatic rings. The van der Waals surface area contributed by atoms with Crippen LogP contribution in [-0.4, -0.2) is 22.9 Å². The van der Waals surface area contributed by atoms with Gasteiger partial charge in [0.05, 0.1) is 0 Å². The highest BCUT2D eigenvalue weighted by molar-refractivity contribution is 6.58. The number of rotatable bonds is 3. The minimum atomic E-state index is -1.51. The Kier molecular flexibility index (Phi) is 3.22. The first-order valence-electron chi connectivity index (χ1n) is 4.14. The van der Waals surface area contributed by atoms with Gasteiger partial charge in [-0.1, -0.05) is 31.2 Å². The van der Waals surface area contributed by atoms with Gasteiger partial charge in [-0.25, -0.2) is 0 Å². The Morgan fingerprint density at radius 2 is 2.15 bits per heavy atom. The summed E-state index contributed by atoms with van der Waals surface area (Å²) in [7, 11) is -1.51. The van der Waals surface area contributed by atoms with Gasteiger partial charge in [0.15, 0.2) is 5.78 Å². The van der Waals surface area contributed by atoms with E-state index < -0.39 is 7.12 Å². The minimum Gasteiger partial charge on any atom is -0.423 e. The molecule has 0 aromatic heterocycles. The molecular weight excluding hydrogens is 167 g/mol. The van der Waals surface area contributed by atoms with E-state index in [1.165, 1.54) is 6.07 Å². The van der Waals surface area contributed by atoms with E-state index in [0.29, 0.717) is 17.4 Å². The standard InChI is InChI=1S/C9H11BO3/c1-2-9(11)7-4-3-5-8(6-7)10(12)13/h3-6,12-13H,2H2,1H3. The maximum Gasteiger partial charge on any atom is 0.488 e. The highest BCUT2D eigenvalue weighted by Gasteiger charge is 2.12. The smallest absolute Gasteiger partial charge is 0.423 e. The number of hydrogen-bond acceptors (Lipinski definition) is 3. The van der Waals surface area contributed by atoms with Crippen molar-refractivity contribution in [2.45, 2.75) is 13.3 Å². The lowest BCUT2D eigenvalue weighted by Gasteiger charge is -2.01. The van der Waals surface area contributed by atoms with Gasteiger partial charge in [-0.05, 0) is 5.46 Å². The van der Waals surface area contributed by atoms with E-state index in [9.17, 15) is 4.79 Å². The van der Waals surface area contributed by atoms with E-state index in [2.05, 4.69) is 0 Å². The lowest BCUT2D eigenvalue weighted by atomic mass is 9.79. The fraction of sp³-hybridized carbons (Fsp3) is 0.222. The predicted molar refractivity (Wildman–Crippen MR) is 50.9 cm³/mol. The zero-order valence-corrected chi connectivity index (χ0v) is 7.40. The molecule has 2 N–H and O–H groups in total. The molecule has 0 atom stereocenters. The van der Waals surface area contributed by atoms with Crippen LogP contribution < -0.4 is 5.46 Å². The maximum absolute atomic E-state index is 11.2. The van der Waals surface area contributed by atoms with Gasteiger partial charge in [-0.3, -0.25) is 4.79 Å². The van der Waals surface area contributed by atoms with Crippen molar-refractivity contribution in [1.29, 1.82) is 0 Å². The number of carbonyl (C=O) groups excluding carboxylic acids is 1. The van der Waals surface area contributed by atoms with Crippen LogP contribution in [0.5, 0.6) is 0 Å². The molecular formula is C9H11BO3. The maximum atomic E-state index is 11.2. The van der Waals surface area contributed by atoms with Gasteiger partial charge in [0.25, 0.3) is 0 Å². The Morgan fingerprint density at radius 1 is 1.46 bits per heavy atom. The van der Waals surface area contributed by atoms with Crippen LogP contribution in [0.15, 0.2) is 24.3 Å². The minimum absolute atomic E-state index is 0.00231. The lowest BCUT2D eigenvalue weighted by Crippen LogP contribution is -2.30. The highest BCUT2D eigenvalue weighted by atomic mass is 16.4. The van der Waals surface area contributed by atoms with Gasteiger partial charge in [0.1, 0.15) is 0 Å². The second-order valence-electron chi connectivity index (χ2n) is 2.78. The first-order valence-corrected chi connectivity index (χ1v) is 4.14. The molecule has 1 aromatic rings. The highest BCUT2D eigenvalue weighted by Crippen LogP contribution is 2.01. The van der Waals surface area contributed by atoms with E-state index in [0.717, 1.165) is 0 Å². The number of benzene rings is 1. The molecule has 13 heavy (non-hydrogen) atoms. The van der Waals surface area contributed by atoms with Crippen molar-refractivity contribution in [2.24, 2.45) is 0 Å². The Bertz CT molecular complexity index is 309. The molecule has 1 aromatic carbocycles. The molecule has 0 heterocycles. The summed E-state index contributed by atoms with van der Waals surface area (Å²) in [4.78, 5) is 11.2. The quantitative estimate of drug-likeness (QED) is 0.504. The van der Waals surface area contributed by atoms with Crippen molar-refractivity contribution in [3.63, 3.8) is 0 Å². The lowest BCUT2D eigenvalue weighted by molar-refractivity contribution is 0.0988. The van der Waals surface area contributed by atoms with Gasteiger partial charge in [-0.15, -0.1) is 0 Å². The van der Waals surface area contributed by atoms with E-state index in [1.54, 1.807) is 25.1 Å². The van der Waals surface area contributed by atoms with Crippen molar-refractivity contribution in [3.05, 3.63) is 29.8 Å². The largest absolute Gasteiger partial charge is 0.488 e.